The van der Waals surface area contributed by atoms with E-state index in [0.717, 1.165) is 37.4 Å². The van der Waals surface area contributed by atoms with Crippen LogP contribution in [0.4, 0.5) is 0 Å². The Balaban J connectivity index is 1.48. The van der Waals surface area contributed by atoms with Crippen molar-refractivity contribution in [3.05, 3.63) is 29.8 Å². The van der Waals surface area contributed by atoms with Gasteiger partial charge in [-0.15, -0.1) is 0 Å². The molecule has 0 aromatic heterocycles. The quantitative estimate of drug-likeness (QED) is 0.877. The lowest BCUT2D eigenvalue weighted by atomic mass is 9.94. The number of hydrogen-bond donors (Lipinski definition) is 1. The normalized spacial score (nSPS) is 21.2. The first-order valence-electron chi connectivity index (χ1n) is 10.0. The highest BCUT2D eigenvalue weighted by Gasteiger charge is 2.28. The Morgan fingerprint density at radius 3 is 2.65 bits per heavy atom. The van der Waals surface area contributed by atoms with Gasteiger partial charge in [0.2, 0.25) is 0 Å². The van der Waals surface area contributed by atoms with Gasteiger partial charge < -0.3 is 14.7 Å². The summed E-state index contributed by atoms with van der Waals surface area (Å²) in [5.41, 5.74) is 1.00. The lowest BCUT2D eigenvalue weighted by molar-refractivity contribution is -0.141. The molecule has 1 aliphatic carbocycles. The molecule has 0 spiro atoms. The molecule has 144 valence electrons. The Labute approximate surface area is 156 Å². The highest BCUT2D eigenvalue weighted by Crippen LogP contribution is 2.23. The van der Waals surface area contributed by atoms with Gasteiger partial charge in [0.25, 0.3) is 5.91 Å². The number of aliphatic hydroxyl groups is 1. The molecular weight excluding hydrogens is 328 g/mol. The summed E-state index contributed by atoms with van der Waals surface area (Å²) in [6, 6.07) is 8.34. The third kappa shape index (κ3) is 4.98. The van der Waals surface area contributed by atoms with Crippen molar-refractivity contribution >= 4 is 5.91 Å². The van der Waals surface area contributed by atoms with E-state index in [9.17, 15) is 9.90 Å². The van der Waals surface area contributed by atoms with Gasteiger partial charge in [0, 0.05) is 32.2 Å². The van der Waals surface area contributed by atoms with E-state index in [1.54, 1.807) is 0 Å². The fraction of sp³-hybridized carbons (Fsp3) is 0.667. The summed E-state index contributed by atoms with van der Waals surface area (Å²) in [5.74, 6) is 0.516. The van der Waals surface area contributed by atoms with Gasteiger partial charge in [-0.1, -0.05) is 37.5 Å². The zero-order valence-electron chi connectivity index (χ0n) is 15.9. The number of nitrogens with zero attached hydrogens (tertiary/aromatic N) is 2. The summed E-state index contributed by atoms with van der Waals surface area (Å²) < 4.78 is 5.65. The number of carbonyl (C=O) groups is 1. The van der Waals surface area contributed by atoms with Gasteiger partial charge in [-0.2, -0.15) is 0 Å². The number of hydrogen-bond acceptors (Lipinski definition) is 4. The maximum Gasteiger partial charge on any atom is 0.255 e. The maximum absolute atomic E-state index is 12.6. The van der Waals surface area contributed by atoms with Crippen molar-refractivity contribution in [3.8, 4) is 5.75 Å². The van der Waals surface area contributed by atoms with Crippen LogP contribution in [0.1, 0.15) is 44.1 Å². The molecule has 0 unspecified atom stereocenters. The van der Waals surface area contributed by atoms with Gasteiger partial charge in [0.15, 0.2) is 6.10 Å². The van der Waals surface area contributed by atoms with Gasteiger partial charge in [-0.25, -0.2) is 0 Å². The third-order valence-corrected chi connectivity index (χ3v) is 5.71. The second kappa shape index (κ2) is 9.38. The van der Waals surface area contributed by atoms with E-state index in [-0.39, 0.29) is 12.5 Å². The minimum atomic E-state index is -1.10. The van der Waals surface area contributed by atoms with E-state index in [2.05, 4.69) is 4.90 Å². The zero-order chi connectivity index (χ0) is 18.4. The van der Waals surface area contributed by atoms with Crippen LogP contribution in [0.15, 0.2) is 24.3 Å². The molecule has 3 rings (SSSR count). The average molecular weight is 360 g/mol. The van der Waals surface area contributed by atoms with Crippen molar-refractivity contribution < 1.29 is 14.6 Å². The van der Waals surface area contributed by atoms with Crippen molar-refractivity contribution in [1.29, 1.82) is 0 Å². The number of carbonyl (C=O) groups excluding carboxylic acids is 1. The van der Waals surface area contributed by atoms with Crippen LogP contribution in [0.3, 0.4) is 0 Å². The molecule has 1 N–H and O–H groups in total. The molecule has 5 heteroatoms. The molecule has 2 fully saturated rings. The summed E-state index contributed by atoms with van der Waals surface area (Å²) in [4.78, 5) is 17.0. The van der Waals surface area contributed by atoms with Crippen LogP contribution in [-0.4, -0.2) is 65.7 Å². The minimum absolute atomic E-state index is 0.00647. The monoisotopic (exact) mass is 360 g/mol. The summed E-state index contributed by atoms with van der Waals surface area (Å²) >= 11 is 0. The SMILES string of the molecule is Cc1ccccc1OC[C@@H](O)C(=O)N1CCCN(C2CCCCC2)CC1. The van der Waals surface area contributed by atoms with E-state index in [0.29, 0.717) is 12.6 Å². The lowest BCUT2D eigenvalue weighted by Gasteiger charge is -2.33. The molecule has 1 aromatic rings. The van der Waals surface area contributed by atoms with Gasteiger partial charge in [-0.05, 0) is 37.8 Å². The number of rotatable bonds is 5. The van der Waals surface area contributed by atoms with Crippen LogP contribution in [0, 0.1) is 6.92 Å². The van der Waals surface area contributed by atoms with E-state index in [1.807, 2.05) is 36.1 Å². The second-order valence-corrected chi connectivity index (χ2v) is 7.60. The fourth-order valence-electron chi connectivity index (χ4n) is 4.14. The first kappa shape index (κ1) is 19.2. The van der Waals surface area contributed by atoms with E-state index in [4.69, 9.17) is 4.74 Å². The molecular formula is C21H32N2O3. The van der Waals surface area contributed by atoms with Gasteiger partial charge in [0.1, 0.15) is 12.4 Å². The number of aryl methyl sites for hydroxylation is 1. The number of amides is 1. The summed E-state index contributed by atoms with van der Waals surface area (Å²) in [5, 5.41) is 10.3. The minimum Gasteiger partial charge on any atom is -0.490 e. The molecule has 1 saturated carbocycles. The van der Waals surface area contributed by atoms with Crippen molar-refractivity contribution in [2.24, 2.45) is 0 Å². The zero-order valence-corrected chi connectivity index (χ0v) is 15.9. The van der Waals surface area contributed by atoms with Crippen molar-refractivity contribution in [1.82, 2.24) is 9.80 Å². The third-order valence-electron chi connectivity index (χ3n) is 5.71. The Morgan fingerprint density at radius 2 is 1.88 bits per heavy atom. The van der Waals surface area contributed by atoms with Crippen LogP contribution < -0.4 is 4.74 Å². The molecule has 1 heterocycles. The Bertz CT molecular complexity index is 586. The fourth-order valence-corrected chi connectivity index (χ4v) is 4.14. The smallest absolute Gasteiger partial charge is 0.255 e. The molecule has 1 aliphatic heterocycles. The number of para-hydroxylation sites is 1. The molecule has 1 saturated heterocycles. The van der Waals surface area contributed by atoms with Crippen LogP contribution in [-0.2, 0) is 4.79 Å². The molecule has 1 atom stereocenters. The Kier molecular flexibility index (Phi) is 6.92. The Hall–Kier alpha value is -1.59. The molecule has 5 nitrogen and oxygen atoms in total. The van der Waals surface area contributed by atoms with E-state index < -0.39 is 6.10 Å². The highest BCUT2D eigenvalue weighted by atomic mass is 16.5. The van der Waals surface area contributed by atoms with Crippen molar-refractivity contribution in [2.45, 2.75) is 57.6 Å². The predicted octanol–water partition coefficient (Wildman–Crippen LogP) is 2.60. The first-order valence-corrected chi connectivity index (χ1v) is 10.0. The number of benzene rings is 1. The van der Waals surface area contributed by atoms with E-state index >= 15 is 0 Å². The maximum atomic E-state index is 12.6. The standard InChI is InChI=1S/C21H32N2O3/c1-17-8-5-6-11-20(17)26-16-19(24)21(25)23-13-7-12-22(14-15-23)18-9-3-2-4-10-18/h5-6,8,11,18-19,24H,2-4,7,9-10,12-16H2,1H3/t19-/m1/s1. The van der Waals surface area contributed by atoms with E-state index in [1.165, 1.54) is 32.1 Å². The summed E-state index contributed by atoms with van der Waals surface area (Å²) in [6.45, 7) is 5.37. The first-order chi connectivity index (χ1) is 12.6. The molecule has 0 bridgehead atoms. The van der Waals surface area contributed by atoms with Gasteiger partial charge in [-0.3, -0.25) is 9.69 Å². The predicted molar refractivity (Wildman–Crippen MR) is 102 cm³/mol. The number of ether oxygens (including phenoxy) is 1. The molecule has 1 amide bonds. The van der Waals surface area contributed by atoms with Crippen LogP contribution in [0.5, 0.6) is 5.75 Å². The largest absolute Gasteiger partial charge is 0.490 e. The molecule has 1 aromatic carbocycles. The second-order valence-electron chi connectivity index (χ2n) is 7.60. The topological polar surface area (TPSA) is 53.0 Å². The van der Waals surface area contributed by atoms with Gasteiger partial charge >= 0.3 is 0 Å². The molecule has 26 heavy (non-hydrogen) atoms. The summed E-state index contributed by atoms with van der Waals surface area (Å²) in [7, 11) is 0. The Morgan fingerprint density at radius 1 is 1.12 bits per heavy atom. The van der Waals surface area contributed by atoms with Gasteiger partial charge in [0.05, 0.1) is 0 Å². The average Bonchev–Trinajstić information content (AvgIpc) is 2.93. The number of aliphatic hydroxyl groups excluding tert-OH is 1. The van der Waals surface area contributed by atoms with Crippen LogP contribution in [0.25, 0.3) is 0 Å². The van der Waals surface area contributed by atoms with Crippen molar-refractivity contribution in [2.75, 3.05) is 32.8 Å². The van der Waals surface area contributed by atoms with Crippen LogP contribution >= 0.6 is 0 Å². The van der Waals surface area contributed by atoms with Crippen LogP contribution in [0.2, 0.25) is 0 Å². The highest BCUT2D eigenvalue weighted by molar-refractivity contribution is 5.80. The summed E-state index contributed by atoms with van der Waals surface area (Å²) in [6.07, 6.45) is 6.49. The molecule has 2 aliphatic rings. The van der Waals surface area contributed by atoms with Crippen molar-refractivity contribution in [3.63, 3.8) is 0 Å². The lowest BCUT2D eigenvalue weighted by Crippen LogP contribution is -2.44. The molecule has 0 radical (unpaired) electrons.